The molecule has 2 saturated carbocycles. The highest BCUT2D eigenvalue weighted by Gasteiger charge is 2.70. The molecule has 3 aliphatic heterocycles. The summed E-state index contributed by atoms with van der Waals surface area (Å²) in [5.41, 5.74) is -0.222. The number of hydrogen-bond donors (Lipinski definition) is 1. The lowest BCUT2D eigenvalue weighted by Crippen LogP contribution is -2.48. The molecular weight excluding hydrogens is 438 g/mol. The van der Waals surface area contributed by atoms with Crippen LogP contribution in [0.5, 0.6) is 0 Å². The van der Waals surface area contributed by atoms with E-state index in [4.69, 9.17) is 4.74 Å². The zero-order valence-corrected chi connectivity index (χ0v) is 19.1. The van der Waals surface area contributed by atoms with Gasteiger partial charge < -0.3 is 14.6 Å². The third-order valence-corrected chi connectivity index (χ3v) is 10.9. The van der Waals surface area contributed by atoms with Gasteiger partial charge in [0.05, 0.1) is 30.1 Å². The lowest BCUT2D eigenvalue weighted by Gasteiger charge is -2.47. The number of imide groups is 1. The number of aromatic nitrogens is 1. The second-order valence-corrected chi connectivity index (χ2v) is 12.0. The second-order valence-electron chi connectivity index (χ2n) is 9.87. The van der Waals surface area contributed by atoms with Crippen molar-refractivity contribution in [2.24, 2.45) is 29.6 Å². The van der Waals surface area contributed by atoms with Gasteiger partial charge in [0.1, 0.15) is 6.54 Å². The summed E-state index contributed by atoms with van der Waals surface area (Å²) in [6.07, 6.45) is 0.878. The molecule has 2 bridgehead atoms. The zero-order chi connectivity index (χ0) is 21.7. The molecule has 4 heterocycles. The number of likely N-dealkylation sites (tertiary alicyclic amines) is 1. The predicted octanol–water partition coefficient (Wildman–Crippen LogP) is 0.914. The number of nitrogens with zero attached hydrogens (tertiary/aromatic N) is 2. The molecule has 4 fully saturated rings. The van der Waals surface area contributed by atoms with E-state index < -0.39 is 0 Å². The van der Waals surface area contributed by atoms with Crippen LogP contribution in [0.1, 0.15) is 25.1 Å². The Bertz CT molecular complexity index is 1040. The highest BCUT2D eigenvalue weighted by atomic mass is 32.2. The van der Waals surface area contributed by atoms with E-state index in [2.05, 4.69) is 18.8 Å². The van der Waals surface area contributed by atoms with Crippen molar-refractivity contribution < 1.29 is 19.1 Å². The first-order valence-corrected chi connectivity index (χ1v) is 12.6. The van der Waals surface area contributed by atoms with Gasteiger partial charge in [-0.2, -0.15) is 0 Å². The highest BCUT2D eigenvalue weighted by molar-refractivity contribution is 8.00. The van der Waals surface area contributed by atoms with Gasteiger partial charge in [0, 0.05) is 28.6 Å². The lowest BCUT2D eigenvalue weighted by atomic mass is 9.64. The quantitative estimate of drug-likeness (QED) is 0.655. The van der Waals surface area contributed by atoms with E-state index in [0.29, 0.717) is 26.3 Å². The molecule has 10 heteroatoms. The fraction of sp³-hybridized carbons (Fsp3) is 0.714. The molecule has 1 N–H and O–H groups in total. The van der Waals surface area contributed by atoms with E-state index in [0.717, 1.165) is 16.3 Å². The van der Waals surface area contributed by atoms with Crippen molar-refractivity contribution in [2.75, 3.05) is 32.8 Å². The molecule has 3 amide bonds. The summed E-state index contributed by atoms with van der Waals surface area (Å²) in [5.74, 6) is -0.700. The Morgan fingerprint density at radius 3 is 2.52 bits per heavy atom. The average Bonchev–Trinajstić information content (AvgIpc) is 3.47. The monoisotopic (exact) mass is 463 g/mol. The first-order valence-electron chi connectivity index (χ1n) is 10.9. The number of carbonyl (C=O) groups is 3. The van der Waals surface area contributed by atoms with Crippen LogP contribution in [-0.4, -0.2) is 70.6 Å². The van der Waals surface area contributed by atoms with Crippen LogP contribution in [0.2, 0.25) is 0 Å². The number of nitrogens with one attached hydrogen (secondary N) is 1. The van der Waals surface area contributed by atoms with Crippen molar-refractivity contribution in [2.45, 2.75) is 36.0 Å². The van der Waals surface area contributed by atoms with E-state index in [1.165, 1.54) is 16.2 Å². The topological polar surface area (TPSA) is 99.8 Å². The lowest BCUT2D eigenvalue weighted by molar-refractivity contribution is -0.148. The third kappa shape index (κ3) is 2.64. The molecule has 6 atom stereocenters. The number of ether oxygens (including phenoxy) is 1. The Hall–Kier alpha value is -1.65. The highest BCUT2D eigenvalue weighted by Crippen LogP contribution is 2.68. The van der Waals surface area contributed by atoms with E-state index in [1.54, 1.807) is 16.7 Å². The van der Waals surface area contributed by atoms with Gasteiger partial charge in [-0.05, 0) is 24.2 Å². The van der Waals surface area contributed by atoms with Gasteiger partial charge in [-0.25, -0.2) is 0 Å². The number of aromatic amines is 1. The van der Waals surface area contributed by atoms with Crippen molar-refractivity contribution in [1.29, 1.82) is 0 Å². The number of H-pyrrole nitrogens is 1. The number of amides is 3. The molecule has 0 spiro atoms. The van der Waals surface area contributed by atoms with E-state index in [-0.39, 0.29) is 69.4 Å². The molecule has 0 radical (unpaired) electrons. The number of thiazole rings is 1. The van der Waals surface area contributed by atoms with Crippen molar-refractivity contribution in [3.05, 3.63) is 14.5 Å². The number of morpholine rings is 1. The maximum absolute atomic E-state index is 13.4. The normalized spacial score (nSPS) is 37.7. The van der Waals surface area contributed by atoms with Gasteiger partial charge in [-0.15, -0.1) is 11.8 Å². The van der Waals surface area contributed by atoms with Crippen LogP contribution in [0.4, 0.5) is 0 Å². The van der Waals surface area contributed by atoms with Crippen molar-refractivity contribution >= 4 is 40.8 Å². The van der Waals surface area contributed by atoms with Crippen LogP contribution in [0.25, 0.3) is 0 Å². The van der Waals surface area contributed by atoms with E-state index in [9.17, 15) is 19.2 Å². The Kier molecular flexibility index (Phi) is 4.31. The smallest absolute Gasteiger partial charge is 0.305 e. The van der Waals surface area contributed by atoms with E-state index in [1.807, 2.05) is 0 Å². The van der Waals surface area contributed by atoms with Gasteiger partial charge in [0.2, 0.25) is 17.7 Å². The number of fused-ring (bicyclic) bond motifs is 9. The second kappa shape index (κ2) is 6.68. The summed E-state index contributed by atoms with van der Waals surface area (Å²) in [6, 6.07) is 0. The van der Waals surface area contributed by atoms with Gasteiger partial charge in [-0.3, -0.25) is 24.1 Å². The fourth-order valence-electron chi connectivity index (χ4n) is 6.92. The molecule has 6 rings (SSSR count). The molecule has 5 aliphatic rings. The summed E-state index contributed by atoms with van der Waals surface area (Å²) in [6.45, 7) is 6.17. The van der Waals surface area contributed by atoms with Crippen LogP contribution in [-0.2, 0) is 24.5 Å². The van der Waals surface area contributed by atoms with Crippen LogP contribution in [0.3, 0.4) is 0 Å². The minimum absolute atomic E-state index is 0.0435. The molecule has 166 valence electrons. The van der Waals surface area contributed by atoms with E-state index >= 15 is 0 Å². The SMILES string of the molecule is CC1(C)c2sc(=O)[nH]c2S[C@@H]2[C@@H]3C[C@H]([C@H]4C(=O)N(CC(=O)N5CCOCC5)C(=O)[C@H]34)[C@@H]21. The van der Waals surface area contributed by atoms with Crippen molar-refractivity contribution in [1.82, 2.24) is 14.8 Å². The molecule has 2 saturated heterocycles. The maximum atomic E-state index is 13.4. The van der Waals surface area contributed by atoms with Gasteiger partial charge in [0.15, 0.2) is 0 Å². The molecule has 31 heavy (non-hydrogen) atoms. The van der Waals surface area contributed by atoms with Crippen LogP contribution >= 0.6 is 23.1 Å². The molecule has 0 unspecified atom stereocenters. The molecular formula is C21H25N3O5S2. The fourth-order valence-corrected chi connectivity index (χ4v) is 10.1. The van der Waals surface area contributed by atoms with Gasteiger partial charge in [0.25, 0.3) is 0 Å². The van der Waals surface area contributed by atoms with Crippen LogP contribution in [0, 0.1) is 29.6 Å². The molecule has 0 aromatic carbocycles. The summed E-state index contributed by atoms with van der Waals surface area (Å²) in [5, 5.41) is 1.15. The minimum atomic E-state index is -0.327. The van der Waals surface area contributed by atoms with Gasteiger partial charge in [-0.1, -0.05) is 25.2 Å². The Balaban J connectivity index is 1.29. The number of rotatable bonds is 2. The Morgan fingerprint density at radius 1 is 1.13 bits per heavy atom. The number of carbonyl (C=O) groups excluding carboxylic acids is 3. The van der Waals surface area contributed by atoms with Crippen LogP contribution < -0.4 is 4.87 Å². The maximum Gasteiger partial charge on any atom is 0.305 e. The first-order chi connectivity index (χ1) is 14.8. The average molecular weight is 464 g/mol. The first kappa shape index (κ1) is 20.0. The third-order valence-electron chi connectivity index (χ3n) is 8.14. The predicted molar refractivity (Wildman–Crippen MR) is 114 cm³/mol. The standard InChI is InChI=1S/C21H25N3O5S2/c1-21(2)14-9-7-10(15(14)30-17-16(21)31-20(28)22-17)13-12(9)18(26)24(19(13)27)8-11(25)23-3-5-29-6-4-23/h9-10,12-15H,3-8H2,1-2H3,(H,22,28)/t9-,10-,12-,13-,14+,15-/m1/s1. The molecule has 8 nitrogen and oxygen atoms in total. The Morgan fingerprint density at radius 2 is 1.81 bits per heavy atom. The van der Waals surface area contributed by atoms with Crippen LogP contribution in [0.15, 0.2) is 9.82 Å². The van der Waals surface area contributed by atoms with Crippen molar-refractivity contribution in [3.8, 4) is 0 Å². The summed E-state index contributed by atoms with van der Waals surface area (Å²) in [7, 11) is 0. The van der Waals surface area contributed by atoms with Gasteiger partial charge >= 0.3 is 4.87 Å². The molecule has 1 aromatic heterocycles. The summed E-state index contributed by atoms with van der Waals surface area (Å²) >= 11 is 2.96. The number of hydrogen-bond acceptors (Lipinski definition) is 7. The summed E-state index contributed by atoms with van der Waals surface area (Å²) < 4.78 is 5.30. The minimum Gasteiger partial charge on any atom is -0.378 e. The molecule has 1 aromatic rings. The molecule has 2 aliphatic carbocycles. The largest absolute Gasteiger partial charge is 0.378 e. The summed E-state index contributed by atoms with van der Waals surface area (Å²) in [4.78, 5) is 58.4. The number of thioether (sulfide) groups is 1. The zero-order valence-electron chi connectivity index (χ0n) is 17.5. The Labute approximate surface area is 187 Å². The van der Waals surface area contributed by atoms with Crippen molar-refractivity contribution in [3.63, 3.8) is 0 Å².